The van der Waals surface area contributed by atoms with Gasteiger partial charge in [-0.25, -0.2) is 0 Å². The molecule has 0 spiro atoms. The lowest BCUT2D eigenvalue weighted by Crippen LogP contribution is -2.27. The summed E-state index contributed by atoms with van der Waals surface area (Å²) in [4.78, 5) is 3.75. The molecule has 3 heteroatoms. The van der Waals surface area contributed by atoms with Crippen LogP contribution in [0.3, 0.4) is 0 Å². The quantitative estimate of drug-likeness (QED) is 0.521. The Morgan fingerprint density at radius 3 is 2.15 bits per heavy atom. The summed E-state index contributed by atoms with van der Waals surface area (Å²) in [6, 6.07) is 21.1. The number of rotatable bonds is 8. The molecule has 0 saturated heterocycles. The molecule has 0 aliphatic carbocycles. The number of nitrogens with zero attached hydrogens (tertiary/aromatic N) is 1. The van der Waals surface area contributed by atoms with Gasteiger partial charge >= 0.3 is 0 Å². The van der Waals surface area contributed by atoms with Gasteiger partial charge in [-0.15, -0.1) is 23.4 Å². The second-order valence-electron chi connectivity index (χ2n) is 4.61. The second kappa shape index (κ2) is 9.06. The van der Waals surface area contributed by atoms with Crippen LogP contribution >= 0.6 is 23.4 Å². The zero-order chi connectivity index (χ0) is 14.0. The average Bonchev–Trinajstić information content (AvgIpc) is 2.49. The van der Waals surface area contributed by atoms with Gasteiger partial charge in [0.1, 0.15) is 0 Å². The second-order valence-corrected chi connectivity index (χ2v) is 6.16. The summed E-state index contributed by atoms with van der Waals surface area (Å²) in [5.74, 6) is 1.77. The summed E-state index contributed by atoms with van der Waals surface area (Å²) in [5, 5.41) is 0. The van der Waals surface area contributed by atoms with Crippen molar-refractivity contribution in [1.29, 1.82) is 0 Å². The predicted octanol–water partition coefficient (Wildman–Crippen LogP) is 4.52. The number of hydrogen-bond donors (Lipinski definition) is 0. The van der Waals surface area contributed by atoms with Gasteiger partial charge < -0.3 is 0 Å². The lowest BCUT2D eigenvalue weighted by Gasteiger charge is -2.21. The van der Waals surface area contributed by atoms with Crippen LogP contribution in [0.25, 0.3) is 0 Å². The maximum absolute atomic E-state index is 5.91. The minimum Gasteiger partial charge on any atom is -0.297 e. The fourth-order valence-electron chi connectivity index (χ4n) is 2.04. The minimum atomic E-state index is 0.683. The summed E-state index contributed by atoms with van der Waals surface area (Å²) < 4.78 is 0. The largest absolute Gasteiger partial charge is 0.297 e. The fourth-order valence-corrected chi connectivity index (χ4v) is 3.21. The Labute approximate surface area is 130 Å². The van der Waals surface area contributed by atoms with Crippen LogP contribution in [0.2, 0.25) is 0 Å². The standard InChI is InChI=1S/C17H20ClNS/c18-11-12-19(15-16-7-3-1-4-8-16)13-14-20-17-9-5-2-6-10-17/h1-10H,11-15H2. The van der Waals surface area contributed by atoms with E-state index in [0.29, 0.717) is 5.88 Å². The first-order valence-electron chi connectivity index (χ1n) is 6.88. The number of benzene rings is 2. The van der Waals surface area contributed by atoms with Crippen molar-refractivity contribution in [3.05, 3.63) is 66.2 Å². The molecule has 0 unspecified atom stereocenters. The Morgan fingerprint density at radius 2 is 1.50 bits per heavy atom. The Hall–Kier alpha value is -0.960. The third kappa shape index (κ3) is 5.58. The topological polar surface area (TPSA) is 3.24 Å². The van der Waals surface area contributed by atoms with Crippen molar-refractivity contribution in [1.82, 2.24) is 4.90 Å². The molecule has 2 rings (SSSR count). The van der Waals surface area contributed by atoms with Gasteiger partial charge in [0.05, 0.1) is 0 Å². The molecule has 0 amide bonds. The average molecular weight is 306 g/mol. The maximum atomic E-state index is 5.91. The molecule has 2 aromatic rings. The Bertz CT molecular complexity index is 475. The third-order valence-electron chi connectivity index (χ3n) is 3.07. The third-order valence-corrected chi connectivity index (χ3v) is 4.23. The molecular weight excluding hydrogens is 286 g/mol. The van der Waals surface area contributed by atoms with Crippen LogP contribution in [0.15, 0.2) is 65.6 Å². The first-order valence-corrected chi connectivity index (χ1v) is 8.40. The van der Waals surface area contributed by atoms with E-state index in [0.717, 1.165) is 25.4 Å². The molecule has 0 fully saturated rings. The molecule has 20 heavy (non-hydrogen) atoms. The number of halogens is 1. The molecule has 0 radical (unpaired) electrons. The summed E-state index contributed by atoms with van der Waals surface area (Å²) in [5.41, 5.74) is 1.35. The molecule has 0 atom stereocenters. The first-order chi connectivity index (χ1) is 9.88. The fraction of sp³-hybridized carbons (Fsp3) is 0.294. The van der Waals surface area contributed by atoms with Crippen molar-refractivity contribution < 1.29 is 0 Å². The predicted molar refractivity (Wildman–Crippen MR) is 89.6 cm³/mol. The van der Waals surface area contributed by atoms with Gasteiger partial charge in [-0.1, -0.05) is 48.5 Å². The van der Waals surface area contributed by atoms with Crippen molar-refractivity contribution in [3.8, 4) is 0 Å². The van der Waals surface area contributed by atoms with Crippen LogP contribution in [0.4, 0.5) is 0 Å². The van der Waals surface area contributed by atoms with Gasteiger partial charge in [0.25, 0.3) is 0 Å². The number of thioether (sulfide) groups is 1. The highest BCUT2D eigenvalue weighted by Crippen LogP contribution is 2.17. The van der Waals surface area contributed by atoms with Crippen LogP contribution in [0.5, 0.6) is 0 Å². The van der Waals surface area contributed by atoms with Crippen molar-refractivity contribution >= 4 is 23.4 Å². The molecule has 0 aliphatic heterocycles. The highest BCUT2D eigenvalue weighted by atomic mass is 35.5. The molecule has 0 aromatic heterocycles. The van der Waals surface area contributed by atoms with Gasteiger partial charge in [-0.05, 0) is 17.7 Å². The van der Waals surface area contributed by atoms with Gasteiger partial charge in [0, 0.05) is 36.2 Å². The monoisotopic (exact) mass is 305 g/mol. The van der Waals surface area contributed by atoms with Crippen molar-refractivity contribution in [2.45, 2.75) is 11.4 Å². The Balaban J connectivity index is 1.80. The zero-order valence-electron chi connectivity index (χ0n) is 11.5. The SMILES string of the molecule is ClCCN(CCSc1ccccc1)Cc1ccccc1. The first kappa shape index (κ1) is 15.4. The van der Waals surface area contributed by atoms with E-state index >= 15 is 0 Å². The number of hydrogen-bond acceptors (Lipinski definition) is 2. The molecule has 106 valence electrons. The van der Waals surface area contributed by atoms with E-state index in [2.05, 4.69) is 65.6 Å². The summed E-state index contributed by atoms with van der Waals surface area (Å²) >= 11 is 7.81. The van der Waals surface area contributed by atoms with E-state index in [1.807, 2.05) is 11.8 Å². The smallest absolute Gasteiger partial charge is 0.0351 e. The molecule has 0 bridgehead atoms. The Morgan fingerprint density at radius 1 is 0.850 bits per heavy atom. The van der Waals surface area contributed by atoms with Gasteiger partial charge in [-0.2, -0.15) is 0 Å². The van der Waals surface area contributed by atoms with Gasteiger partial charge in [-0.3, -0.25) is 4.90 Å². The lowest BCUT2D eigenvalue weighted by atomic mass is 10.2. The van der Waals surface area contributed by atoms with Crippen molar-refractivity contribution in [3.63, 3.8) is 0 Å². The number of alkyl halides is 1. The van der Waals surface area contributed by atoms with E-state index in [1.54, 1.807) is 0 Å². The lowest BCUT2D eigenvalue weighted by molar-refractivity contribution is 0.300. The molecule has 0 N–H and O–H groups in total. The highest BCUT2D eigenvalue weighted by Gasteiger charge is 2.05. The highest BCUT2D eigenvalue weighted by molar-refractivity contribution is 7.99. The Kier molecular flexibility index (Phi) is 6.99. The van der Waals surface area contributed by atoms with E-state index in [-0.39, 0.29) is 0 Å². The molecule has 1 nitrogen and oxygen atoms in total. The molecule has 2 aromatic carbocycles. The summed E-state index contributed by atoms with van der Waals surface area (Å²) in [6.45, 7) is 2.97. The van der Waals surface area contributed by atoms with E-state index in [4.69, 9.17) is 11.6 Å². The molecule has 0 heterocycles. The van der Waals surface area contributed by atoms with Crippen LogP contribution in [0, 0.1) is 0 Å². The van der Waals surface area contributed by atoms with Crippen molar-refractivity contribution in [2.24, 2.45) is 0 Å². The molecule has 0 saturated carbocycles. The normalized spacial score (nSPS) is 10.9. The van der Waals surface area contributed by atoms with E-state index in [1.165, 1.54) is 10.5 Å². The van der Waals surface area contributed by atoms with Crippen molar-refractivity contribution in [2.75, 3.05) is 24.7 Å². The molecular formula is C17H20ClNS. The van der Waals surface area contributed by atoms with Crippen LogP contribution in [0.1, 0.15) is 5.56 Å². The maximum Gasteiger partial charge on any atom is 0.0351 e. The van der Waals surface area contributed by atoms with Crippen LogP contribution in [-0.2, 0) is 6.54 Å². The van der Waals surface area contributed by atoms with E-state index in [9.17, 15) is 0 Å². The van der Waals surface area contributed by atoms with Crippen LogP contribution < -0.4 is 0 Å². The van der Waals surface area contributed by atoms with Gasteiger partial charge in [0.2, 0.25) is 0 Å². The van der Waals surface area contributed by atoms with Crippen LogP contribution in [-0.4, -0.2) is 29.6 Å². The minimum absolute atomic E-state index is 0.683. The van der Waals surface area contributed by atoms with Gasteiger partial charge in [0.15, 0.2) is 0 Å². The zero-order valence-corrected chi connectivity index (χ0v) is 13.1. The summed E-state index contributed by atoms with van der Waals surface area (Å²) in [6.07, 6.45) is 0. The van der Waals surface area contributed by atoms with E-state index < -0.39 is 0 Å². The molecule has 0 aliphatic rings. The summed E-state index contributed by atoms with van der Waals surface area (Å²) in [7, 11) is 0.